The van der Waals surface area contributed by atoms with Gasteiger partial charge in [-0.25, -0.2) is 0 Å². The number of hydrogen-bond acceptors (Lipinski definition) is 7. The zero-order valence-corrected chi connectivity index (χ0v) is 17.1. The van der Waals surface area contributed by atoms with E-state index in [4.69, 9.17) is 22.2 Å². The number of benzene rings is 1. The molecule has 0 saturated carbocycles. The van der Waals surface area contributed by atoms with Crippen LogP contribution in [0.3, 0.4) is 0 Å². The molecule has 0 unspecified atom stereocenters. The molecule has 2 heterocycles. The summed E-state index contributed by atoms with van der Waals surface area (Å²) in [5, 5.41) is 6.37. The Hall–Kier alpha value is -2.75. The van der Waals surface area contributed by atoms with E-state index in [0.29, 0.717) is 46.8 Å². The number of thiophene rings is 1. The third-order valence-corrected chi connectivity index (χ3v) is 5.37. The van der Waals surface area contributed by atoms with Gasteiger partial charge in [-0.2, -0.15) is 5.10 Å². The minimum atomic E-state index is -0.258. The third kappa shape index (κ3) is 5.86. The summed E-state index contributed by atoms with van der Waals surface area (Å²) in [6.45, 7) is 1.63. The van der Waals surface area contributed by atoms with Crippen LogP contribution < -0.4 is 16.1 Å². The lowest BCUT2D eigenvalue weighted by Gasteiger charge is -2.19. The van der Waals surface area contributed by atoms with Gasteiger partial charge in [-0.15, -0.1) is 11.3 Å². The van der Waals surface area contributed by atoms with Gasteiger partial charge in [-0.1, -0.05) is 11.6 Å². The van der Waals surface area contributed by atoms with Gasteiger partial charge in [0.05, 0.1) is 53.0 Å². The molecule has 1 aromatic carbocycles. The normalized spacial score (nSPS) is 15.6. The van der Waals surface area contributed by atoms with Gasteiger partial charge in [0.25, 0.3) is 5.91 Å². The number of aliphatic imine (C=N–C) groups is 1. The van der Waals surface area contributed by atoms with Gasteiger partial charge in [-0.05, 0) is 36.4 Å². The van der Waals surface area contributed by atoms with Crippen LogP contribution in [0.25, 0.3) is 0 Å². The van der Waals surface area contributed by atoms with E-state index in [1.54, 1.807) is 29.2 Å². The number of hydrogen-bond donors (Lipinski definition) is 2. The molecule has 2 amide bonds. The number of halogens is 1. The third-order valence-electron chi connectivity index (χ3n) is 4.14. The van der Waals surface area contributed by atoms with Gasteiger partial charge in [0.1, 0.15) is 0 Å². The number of nitrogens with zero attached hydrogens (tertiary/aromatic N) is 3. The molecular formula is C19H20ClN5O3S. The topological polar surface area (TPSA) is 109 Å². The highest BCUT2D eigenvalue weighted by Crippen LogP contribution is 2.22. The first-order valence-corrected chi connectivity index (χ1v) is 10.1. The molecular weight excluding hydrogens is 414 g/mol. The van der Waals surface area contributed by atoms with Crippen molar-refractivity contribution in [1.29, 1.82) is 0 Å². The summed E-state index contributed by atoms with van der Waals surface area (Å²) in [5.74, 6) is 5.17. The maximum Gasteiger partial charge on any atom is 0.261 e. The highest BCUT2D eigenvalue weighted by molar-refractivity contribution is 7.18. The second-order valence-electron chi connectivity index (χ2n) is 6.09. The lowest BCUT2D eigenvalue weighted by molar-refractivity contribution is -0.118. The molecule has 3 N–H and O–H groups in total. The lowest BCUT2D eigenvalue weighted by Crippen LogP contribution is -2.31. The fourth-order valence-electron chi connectivity index (χ4n) is 2.64. The number of anilines is 1. The average molecular weight is 434 g/mol. The summed E-state index contributed by atoms with van der Waals surface area (Å²) in [4.78, 5) is 30.7. The molecule has 0 radical (unpaired) electrons. The molecule has 1 aromatic heterocycles. The van der Waals surface area contributed by atoms with Gasteiger partial charge >= 0.3 is 0 Å². The first kappa shape index (κ1) is 21.0. The van der Waals surface area contributed by atoms with Crippen LogP contribution in [-0.2, 0) is 9.53 Å². The molecule has 1 saturated heterocycles. The summed E-state index contributed by atoms with van der Waals surface area (Å²) in [5.41, 5.74) is 1.88. The zero-order valence-electron chi connectivity index (χ0n) is 15.5. The standard InChI is InChI=1S/C19H20ClN5O3S/c20-17-6-5-16(29-17)19(27)23-12-14(24-21)11-22-13-1-3-15(4-2-13)25-8-10-28-9-7-18(25)26/h1-6,11H,7-10,12,21H2,(H,23,27). The van der Waals surface area contributed by atoms with Crippen LogP contribution >= 0.6 is 22.9 Å². The molecule has 29 heavy (non-hydrogen) atoms. The molecule has 2 aromatic rings. The number of nitrogens with one attached hydrogen (secondary N) is 1. The highest BCUT2D eigenvalue weighted by atomic mass is 35.5. The Bertz CT molecular complexity index is 926. The van der Waals surface area contributed by atoms with Crippen LogP contribution in [0.5, 0.6) is 0 Å². The molecule has 0 spiro atoms. The summed E-state index contributed by atoms with van der Waals surface area (Å²) in [6.07, 6.45) is 1.86. The maximum atomic E-state index is 12.1. The van der Waals surface area contributed by atoms with Crippen LogP contribution in [0, 0.1) is 0 Å². The van der Waals surface area contributed by atoms with Crippen molar-refractivity contribution in [3.63, 3.8) is 0 Å². The van der Waals surface area contributed by atoms with Crippen molar-refractivity contribution in [3.05, 3.63) is 45.6 Å². The Morgan fingerprint density at radius 2 is 2.07 bits per heavy atom. The van der Waals surface area contributed by atoms with E-state index in [1.807, 2.05) is 12.1 Å². The largest absolute Gasteiger partial charge is 0.379 e. The number of carbonyl (C=O) groups excluding carboxylic acids is 2. The summed E-state index contributed by atoms with van der Waals surface area (Å²) < 4.78 is 5.88. The predicted octanol–water partition coefficient (Wildman–Crippen LogP) is 2.60. The maximum absolute atomic E-state index is 12.1. The highest BCUT2D eigenvalue weighted by Gasteiger charge is 2.18. The molecule has 1 aliphatic heterocycles. The minimum Gasteiger partial charge on any atom is -0.379 e. The smallest absolute Gasteiger partial charge is 0.261 e. The van der Waals surface area contributed by atoms with E-state index in [-0.39, 0.29) is 18.4 Å². The number of carbonyl (C=O) groups is 2. The summed E-state index contributed by atoms with van der Waals surface area (Å²) >= 11 is 7.03. The molecule has 1 aliphatic rings. The summed E-state index contributed by atoms with van der Waals surface area (Å²) in [7, 11) is 0. The van der Waals surface area contributed by atoms with E-state index in [1.165, 1.54) is 17.6 Å². The molecule has 3 rings (SSSR count). The fraction of sp³-hybridized carbons (Fsp3) is 0.263. The van der Waals surface area contributed by atoms with Crippen LogP contribution in [0.1, 0.15) is 16.1 Å². The van der Waals surface area contributed by atoms with Crippen molar-refractivity contribution < 1.29 is 14.3 Å². The predicted molar refractivity (Wildman–Crippen MR) is 116 cm³/mol. The first-order chi connectivity index (χ1) is 14.1. The van der Waals surface area contributed by atoms with Crippen LogP contribution in [0.2, 0.25) is 4.34 Å². The number of rotatable bonds is 6. The van der Waals surface area contributed by atoms with E-state index >= 15 is 0 Å². The molecule has 10 heteroatoms. The number of ether oxygens (including phenoxy) is 1. The Kier molecular flexibility index (Phi) is 7.34. The monoisotopic (exact) mass is 433 g/mol. The SMILES string of the molecule is NN=C(C=Nc1ccc(N2CCOCCC2=O)cc1)CNC(=O)c1ccc(Cl)s1. The van der Waals surface area contributed by atoms with Crippen LogP contribution in [0.15, 0.2) is 46.5 Å². The number of hydrazone groups is 1. The van der Waals surface area contributed by atoms with Crippen molar-refractivity contribution in [2.75, 3.05) is 31.2 Å². The van der Waals surface area contributed by atoms with Gasteiger partial charge in [0.2, 0.25) is 5.91 Å². The Balaban J connectivity index is 1.57. The van der Waals surface area contributed by atoms with E-state index < -0.39 is 0 Å². The van der Waals surface area contributed by atoms with E-state index in [2.05, 4.69) is 15.4 Å². The Morgan fingerprint density at radius 3 is 2.76 bits per heavy atom. The van der Waals surface area contributed by atoms with Gasteiger partial charge < -0.3 is 20.8 Å². The van der Waals surface area contributed by atoms with Gasteiger partial charge in [0.15, 0.2) is 0 Å². The molecule has 8 nitrogen and oxygen atoms in total. The quantitative estimate of drug-likeness (QED) is 0.414. The Morgan fingerprint density at radius 1 is 1.28 bits per heavy atom. The van der Waals surface area contributed by atoms with Crippen LogP contribution in [-0.4, -0.2) is 50.0 Å². The van der Waals surface area contributed by atoms with Gasteiger partial charge in [0, 0.05) is 12.2 Å². The molecule has 0 atom stereocenters. The minimum absolute atomic E-state index is 0.0408. The van der Waals surface area contributed by atoms with E-state index in [0.717, 1.165) is 5.69 Å². The van der Waals surface area contributed by atoms with Gasteiger partial charge in [-0.3, -0.25) is 14.6 Å². The molecule has 0 bridgehead atoms. The summed E-state index contributed by atoms with van der Waals surface area (Å²) in [6, 6.07) is 10.6. The van der Waals surface area contributed by atoms with Crippen molar-refractivity contribution in [2.45, 2.75) is 6.42 Å². The molecule has 0 aliphatic carbocycles. The zero-order chi connectivity index (χ0) is 20.6. The number of nitrogens with two attached hydrogens (primary N) is 1. The Labute approximate surface area is 177 Å². The van der Waals surface area contributed by atoms with Crippen molar-refractivity contribution in [1.82, 2.24) is 5.32 Å². The molecule has 1 fully saturated rings. The number of amides is 2. The van der Waals surface area contributed by atoms with Crippen LogP contribution in [0.4, 0.5) is 11.4 Å². The first-order valence-electron chi connectivity index (χ1n) is 8.89. The van der Waals surface area contributed by atoms with E-state index in [9.17, 15) is 9.59 Å². The van der Waals surface area contributed by atoms with Crippen molar-refractivity contribution >= 4 is 58.1 Å². The molecule has 152 valence electrons. The second-order valence-corrected chi connectivity index (χ2v) is 7.80. The van der Waals surface area contributed by atoms with Crippen molar-refractivity contribution in [2.24, 2.45) is 15.9 Å². The fourth-order valence-corrected chi connectivity index (χ4v) is 3.60. The lowest BCUT2D eigenvalue weighted by atomic mass is 10.2. The second kappa shape index (κ2) is 10.1. The average Bonchev–Trinajstić information content (AvgIpc) is 3.06. The van der Waals surface area contributed by atoms with Crippen molar-refractivity contribution in [3.8, 4) is 0 Å².